The highest BCUT2D eigenvalue weighted by Crippen LogP contribution is 2.25. The van der Waals surface area contributed by atoms with Gasteiger partial charge >= 0.3 is 5.97 Å². The number of nitrogens with zero attached hydrogens (tertiary/aromatic N) is 1. The first-order valence-corrected chi connectivity index (χ1v) is 7.53. The first-order chi connectivity index (χ1) is 9.43. The Morgan fingerprint density at radius 3 is 2.50 bits per heavy atom. The standard InChI is InChI=1S/C13H19NO5S/c1-14(10-6-9-13(15)19-3)20(16,17)12-8-5-4-7-11(12)18-2/h4-5,7-8H,6,9-10H2,1-3H3. The zero-order valence-corrected chi connectivity index (χ0v) is 12.6. The summed E-state index contributed by atoms with van der Waals surface area (Å²) >= 11 is 0. The number of hydrogen-bond acceptors (Lipinski definition) is 5. The molecule has 0 N–H and O–H groups in total. The fraction of sp³-hybridized carbons (Fsp3) is 0.462. The third-order valence-corrected chi connectivity index (χ3v) is 4.74. The first kappa shape index (κ1) is 16.5. The second-order valence-electron chi connectivity index (χ2n) is 4.16. The monoisotopic (exact) mass is 301 g/mol. The molecule has 0 aromatic heterocycles. The average molecular weight is 301 g/mol. The maximum absolute atomic E-state index is 12.4. The van der Waals surface area contributed by atoms with Gasteiger partial charge in [0.05, 0.1) is 14.2 Å². The van der Waals surface area contributed by atoms with Gasteiger partial charge in [0.2, 0.25) is 10.0 Å². The summed E-state index contributed by atoms with van der Waals surface area (Å²) in [6.07, 6.45) is 0.583. The Bertz CT molecular complexity index is 556. The van der Waals surface area contributed by atoms with Crippen molar-refractivity contribution >= 4 is 16.0 Å². The van der Waals surface area contributed by atoms with E-state index in [2.05, 4.69) is 4.74 Å². The van der Waals surface area contributed by atoms with Gasteiger partial charge in [0.25, 0.3) is 0 Å². The molecule has 0 saturated carbocycles. The van der Waals surface area contributed by atoms with Crippen LogP contribution in [0.4, 0.5) is 0 Å². The normalized spacial score (nSPS) is 11.4. The largest absolute Gasteiger partial charge is 0.495 e. The van der Waals surface area contributed by atoms with Crippen LogP contribution < -0.4 is 4.74 Å². The molecule has 0 aliphatic rings. The van der Waals surface area contributed by atoms with Gasteiger partial charge in [0.1, 0.15) is 10.6 Å². The zero-order valence-electron chi connectivity index (χ0n) is 11.8. The van der Waals surface area contributed by atoms with Crippen molar-refractivity contribution in [1.29, 1.82) is 0 Å². The number of carbonyl (C=O) groups excluding carboxylic acids is 1. The molecular weight excluding hydrogens is 282 g/mol. The van der Waals surface area contributed by atoms with Gasteiger partial charge in [0.15, 0.2) is 0 Å². The summed E-state index contributed by atoms with van der Waals surface area (Å²) in [5.74, 6) is -0.0552. The Kier molecular flexibility index (Phi) is 5.97. The molecule has 0 aliphatic heterocycles. The fourth-order valence-electron chi connectivity index (χ4n) is 1.67. The molecule has 6 nitrogen and oxygen atoms in total. The van der Waals surface area contributed by atoms with Crippen LogP contribution in [0.3, 0.4) is 0 Å². The van der Waals surface area contributed by atoms with Crippen molar-refractivity contribution in [1.82, 2.24) is 4.31 Å². The highest BCUT2D eigenvalue weighted by Gasteiger charge is 2.24. The second-order valence-corrected chi connectivity index (χ2v) is 6.17. The molecule has 0 heterocycles. The maximum Gasteiger partial charge on any atom is 0.305 e. The third-order valence-electron chi connectivity index (χ3n) is 2.84. The molecule has 0 radical (unpaired) electrons. The minimum absolute atomic E-state index is 0.114. The smallest absolute Gasteiger partial charge is 0.305 e. The summed E-state index contributed by atoms with van der Waals surface area (Å²) in [4.78, 5) is 11.1. The molecule has 0 atom stereocenters. The van der Waals surface area contributed by atoms with E-state index in [9.17, 15) is 13.2 Å². The van der Waals surface area contributed by atoms with Gasteiger partial charge in [-0.1, -0.05) is 12.1 Å². The Morgan fingerprint density at radius 1 is 1.25 bits per heavy atom. The first-order valence-electron chi connectivity index (χ1n) is 6.09. The van der Waals surface area contributed by atoms with Crippen LogP contribution in [0.15, 0.2) is 29.2 Å². The Morgan fingerprint density at radius 2 is 1.90 bits per heavy atom. The molecule has 0 aliphatic carbocycles. The number of para-hydroxylation sites is 1. The summed E-state index contributed by atoms with van der Waals surface area (Å²) in [7, 11) is 0.567. The fourth-order valence-corrected chi connectivity index (χ4v) is 3.03. The summed E-state index contributed by atoms with van der Waals surface area (Å²) in [5.41, 5.74) is 0. The van der Waals surface area contributed by atoms with E-state index in [0.29, 0.717) is 12.2 Å². The van der Waals surface area contributed by atoms with Crippen molar-refractivity contribution in [3.05, 3.63) is 24.3 Å². The minimum atomic E-state index is -3.63. The van der Waals surface area contributed by atoms with Crippen molar-refractivity contribution < 1.29 is 22.7 Å². The van der Waals surface area contributed by atoms with E-state index in [1.807, 2.05) is 0 Å². The Hall–Kier alpha value is -1.60. The number of rotatable bonds is 7. The van der Waals surface area contributed by atoms with E-state index in [1.165, 1.54) is 31.6 Å². The molecule has 7 heteroatoms. The Labute approximate surface area is 119 Å². The molecule has 1 aromatic carbocycles. The van der Waals surface area contributed by atoms with E-state index < -0.39 is 10.0 Å². The quantitative estimate of drug-likeness (QED) is 0.709. The summed E-state index contributed by atoms with van der Waals surface area (Å²) in [6, 6.07) is 6.42. The van der Waals surface area contributed by atoms with E-state index in [-0.39, 0.29) is 23.8 Å². The number of benzene rings is 1. The molecule has 20 heavy (non-hydrogen) atoms. The number of hydrogen-bond donors (Lipinski definition) is 0. The van der Waals surface area contributed by atoms with Crippen LogP contribution in [-0.4, -0.2) is 46.5 Å². The number of sulfonamides is 1. The topological polar surface area (TPSA) is 72.9 Å². The van der Waals surface area contributed by atoms with E-state index in [0.717, 1.165) is 0 Å². The number of methoxy groups -OCH3 is 2. The van der Waals surface area contributed by atoms with Gasteiger partial charge in [-0.25, -0.2) is 12.7 Å². The average Bonchev–Trinajstić information content (AvgIpc) is 2.46. The molecule has 1 rings (SSSR count). The lowest BCUT2D eigenvalue weighted by atomic mass is 10.3. The van der Waals surface area contributed by atoms with Crippen molar-refractivity contribution in [2.24, 2.45) is 0 Å². The predicted molar refractivity (Wildman–Crippen MR) is 74.1 cm³/mol. The SMILES string of the molecule is COC(=O)CCCN(C)S(=O)(=O)c1ccccc1OC. The number of esters is 1. The van der Waals surface area contributed by atoms with Crippen molar-refractivity contribution in [3.8, 4) is 5.75 Å². The van der Waals surface area contributed by atoms with Crippen LogP contribution >= 0.6 is 0 Å². The van der Waals surface area contributed by atoms with Crippen LogP contribution in [-0.2, 0) is 19.6 Å². The van der Waals surface area contributed by atoms with Gasteiger partial charge < -0.3 is 9.47 Å². The molecule has 0 amide bonds. The molecule has 1 aromatic rings. The van der Waals surface area contributed by atoms with Crippen molar-refractivity contribution in [3.63, 3.8) is 0 Å². The van der Waals surface area contributed by atoms with Gasteiger partial charge in [-0.3, -0.25) is 4.79 Å². The minimum Gasteiger partial charge on any atom is -0.495 e. The van der Waals surface area contributed by atoms with Crippen LogP contribution in [0, 0.1) is 0 Å². The van der Waals surface area contributed by atoms with Crippen LogP contribution in [0.25, 0.3) is 0 Å². The van der Waals surface area contributed by atoms with Gasteiger partial charge in [-0.2, -0.15) is 0 Å². The highest BCUT2D eigenvalue weighted by atomic mass is 32.2. The lowest BCUT2D eigenvalue weighted by Gasteiger charge is -2.18. The van der Waals surface area contributed by atoms with Crippen LogP contribution in [0.1, 0.15) is 12.8 Å². The summed E-state index contributed by atoms with van der Waals surface area (Å²) in [6.45, 7) is 0.232. The van der Waals surface area contributed by atoms with Crippen molar-refractivity contribution in [2.45, 2.75) is 17.7 Å². The molecule has 0 fully saturated rings. The lowest BCUT2D eigenvalue weighted by Crippen LogP contribution is -2.28. The third kappa shape index (κ3) is 3.94. The van der Waals surface area contributed by atoms with Gasteiger partial charge in [0, 0.05) is 20.0 Å². The second kappa shape index (κ2) is 7.25. The lowest BCUT2D eigenvalue weighted by molar-refractivity contribution is -0.140. The number of carbonyl (C=O) groups is 1. The number of ether oxygens (including phenoxy) is 2. The van der Waals surface area contributed by atoms with E-state index in [1.54, 1.807) is 18.2 Å². The molecule has 0 saturated heterocycles. The molecule has 0 unspecified atom stereocenters. The Balaban J connectivity index is 2.80. The van der Waals surface area contributed by atoms with Gasteiger partial charge in [-0.05, 0) is 18.6 Å². The molecule has 0 bridgehead atoms. The van der Waals surface area contributed by atoms with Gasteiger partial charge in [-0.15, -0.1) is 0 Å². The van der Waals surface area contributed by atoms with Crippen molar-refractivity contribution in [2.75, 3.05) is 27.8 Å². The maximum atomic E-state index is 12.4. The van der Waals surface area contributed by atoms with E-state index >= 15 is 0 Å². The molecular formula is C13H19NO5S. The molecule has 112 valence electrons. The molecule has 0 spiro atoms. The van der Waals surface area contributed by atoms with E-state index in [4.69, 9.17) is 4.74 Å². The predicted octanol–water partition coefficient (Wildman–Crippen LogP) is 1.27. The van der Waals surface area contributed by atoms with Crippen LogP contribution in [0.2, 0.25) is 0 Å². The summed E-state index contributed by atoms with van der Waals surface area (Å²) < 4.78 is 35.5. The van der Waals surface area contributed by atoms with Crippen LogP contribution in [0.5, 0.6) is 5.75 Å². The zero-order chi connectivity index (χ0) is 15.2. The highest BCUT2D eigenvalue weighted by molar-refractivity contribution is 7.89. The summed E-state index contributed by atoms with van der Waals surface area (Å²) in [5, 5.41) is 0.